The molecule has 1 aromatic carbocycles. The molecular weight excluding hydrogens is 224 g/mol. The molecule has 0 saturated carbocycles. The molecule has 0 unspecified atom stereocenters. The maximum Gasteiger partial charge on any atom is 0.140 e. The fourth-order valence-corrected chi connectivity index (χ4v) is 1.73. The number of nitrogens with one attached hydrogen (secondary N) is 1. The van der Waals surface area contributed by atoms with E-state index < -0.39 is 0 Å². The van der Waals surface area contributed by atoms with Crippen molar-refractivity contribution in [1.29, 1.82) is 0 Å². The number of hydrogen-bond acceptors (Lipinski definition) is 3. The summed E-state index contributed by atoms with van der Waals surface area (Å²) in [4.78, 5) is 4.18. The molecule has 0 bridgehead atoms. The number of rotatable bonds is 5. The molecule has 0 aliphatic rings. The number of anilines is 1. The molecule has 94 valence electrons. The van der Waals surface area contributed by atoms with E-state index in [1.165, 1.54) is 5.56 Å². The molecule has 0 saturated heterocycles. The quantitative estimate of drug-likeness (QED) is 0.818. The molecule has 0 aliphatic carbocycles. The van der Waals surface area contributed by atoms with Crippen LogP contribution in [0.15, 0.2) is 42.6 Å². The molecule has 3 heteroatoms. The molecule has 1 N–H and O–H groups in total. The van der Waals surface area contributed by atoms with Gasteiger partial charge in [-0.25, -0.2) is 0 Å². The molecule has 2 rings (SSSR count). The Bertz CT molecular complexity index is 511. The van der Waals surface area contributed by atoms with Gasteiger partial charge in [-0.1, -0.05) is 12.1 Å². The SMILES string of the molecule is Cc1cccc(NCCOc2cccnc2C)c1. The largest absolute Gasteiger partial charge is 0.490 e. The Hall–Kier alpha value is -2.03. The van der Waals surface area contributed by atoms with Gasteiger partial charge in [-0.3, -0.25) is 4.98 Å². The van der Waals surface area contributed by atoms with Gasteiger partial charge in [0, 0.05) is 18.4 Å². The monoisotopic (exact) mass is 242 g/mol. The molecule has 0 aliphatic heterocycles. The standard InChI is InChI=1S/C15H18N2O/c1-12-5-3-6-14(11-12)17-9-10-18-15-7-4-8-16-13(15)2/h3-8,11,17H,9-10H2,1-2H3. The first-order valence-corrected chi connectivity index (χ1v) is 6.10. The Labute approximate surface area is 108 Å². The van der Waals surface area contributed by atoms with Gasteiger partial charge in [0.05, 0.1) is 5.69 Å². The minimum atomic E-state index is 0.625. The van der Waals surface area contributed by atoms with Crippen molar-refractivity contribution in [1.82, 2.24) is 4.98 Å². The molecule has 1 aromatic heterocycles. The van der Waals surface area contributed by atoms with Crippen molar-refractivity contribution < 1.29 is 4.74 Å². The number of benzene rings is 1. The average Bonchev–Trinajstić information content (AvgIpc) is 2.37. The van der Waals surface area contributed by atoms with Gasteiger partial charge < -0.3 is 10.1 Å². The third kappa shape index (κ3) is 3.48. The van der Waals surface area contributed by atoms with E-state index in [0.29, 0.717) is 6.61 Å². The summed E-state index contributed by atoms with van der Waals surface area (Å²) in [7, 11) is 0. The number of aryl methyl sites for hydroxylation is 2. The van der Waals surface area contributed by atoms with E-state index in [4.69, 9.17) is 4.74 Å². The zero-order valence-electron chi connectivity index (χ0n) is 10.8. The maximum atomic E-state index is 5.66. The van der Waals surface area contributed by atoms with Crippen molar-refractivity contribution >= 4 is 5.69 Å². The van der Waals surface area contributed by atoms with Crippen LogP contribution < -0.4 is 10.1 Å². The number of pyridine rings is 1. The third-order valence-corrected chi connectivity index (χ3v) is 2.67. The fourth-order valence-electron chi connectivity index (χ4n) is 1.73. The summed E-state index contributed by atoms with van der Waals surface area (Å²) in [5, 5.41) is 3.33. The van der Waals surface area contributed by atoms with Gasteiger partial charge in [-0.05, 0) is 43.7 Å². The second kappa shape index (κ2) is 6.05. The van der Waals surface area contributed by atoms with Crippen molar-refractivity contribution in [3.05, 3.63) is 53.9 Å². The van der Waals surface area contributed by atoms with Crippen LogP contribution in [0.25, 0.3) is 0 Å². The summed E-state index contributed by atoms with van der Waals surface area (Å²) in [6.45, 7) is 5.43. The van der Waals surface area contributed by atoms with Gasteiger partial charge in [-0.2, -0.15) is 0 Å². The van der Waals surface area contributed by atoms with Gasteiger partial charge in [0.25, 0.3) is 0 Å². The van der Waals surface area contributed by atoms with Crippen LogP contribution in [0.1, 0.15) is 11.3 Å². The lowest BCUT2D eigenvalue weighted by Crippen LogP contribution is -2.12. The van der Waals surface area contributed by atoms with Crippen LogP contribution in [0.5, 0.6) is 5.75 Å². The first kappa shape index (κ1) is 12.4. The zero-order valence-corrected chi connectivity index (χ0v) is 10.8. The van der Waals surface area contributed by atoms with E-state index in [0.717, 1.165) is 23.7 Å². The molecule has 1 heterocycles. The topological polar surface area (TPSA) is 34.1 Å². The van der Waals surface area contributed by atoms with Crippen LogP contribution in [0.2, 0.25) is 0 Å². The Morgan fingerprint density at radius 1 is 1.17 bits per heavy atom. The lowest BCUT2D eigenvalue weighted by atomic mass is 10.2. The highest BCUT2D eigenvalue weighted by Crippen LogP contribution is 2.13. The first-order chi connectivity index (χ1) is 8.75. The van der Waals surface area contributed by atoms with E-state index in [1.807, 2.05) is 25.1 Å². The average molecular weight is 242 g/mol. The highest BCUT2D eigenvalue weighted by atomic mass is 16.5. The predicted octanol–water partition coefficient (Wildman–Crippen LogP) is 3.19. The second-order valence-corrected chi connectivity index (χ2v) is 4.23. The van der Waals surface area contributed by atoms with Crippen molar-refractivity contribution in [3.8, 4) is 5.75 Å². The molecule has 0 amide bonds. The summed E-state index contributed by atoms with van der Waals surface area (Å²) in [6.07, 6.45) is 1.77. The van der Waals surface area contributed by atoms with Crippen LogP contribution in [-0.4, -0.2) is 18.1 Å². The summed E-state index contributed by atoms with van der Waals surface area (Å²) in [6, 6.07) is 12.1. The van der Waals surface area contributed by atoms with E-state index >= 15 is 0 Å². The Kier molecular flexibility index (Phi) is 4.18. The Morgan fingerprint density at radius 3 is 2.83 bits per heavy atom. The molecule has 0 atom stereocenters. The molecule has 3 nitrogen and oxygen atoms in total. The van der Waals surface area contributed by atoms with E-state index in [9.17, 15) is 0 Å². The van der Waals surface area contributed by atoms with Gasteiger partial charge in [-0.15, -0.1) is 0 Å². The first-order valence-electron chi connectivity index (χ1n) is 6.10. The Balaban J connectivity index is 1.78. The zero-order chi connectivity index (χ0) is 12.8. The van der Waals surface area contributed by atoms with Crippen LogP contribution in [0, 0.1) is 13.8 Å². The molecule has 2 aromatic rings. The summed E-state index contributed by atoms with van der Waals surface area (Å²) in [5.74, 6) is 0.851. The van der Waals surface area contributed by atoms with Gasteiger partial charge >= 0.3 is 0 Å². The van der Waals surface area contributed by atoms with Gasteiger partial charge in [0.1, 0.15) is 12.4 Å². The Morgan fingerprint density at radius 2 is 2.06 bits per heavy atom. The van der Waals surface area contributed by atoms with Gasteiger partial charge in [0.2, 0.25) is 0 Å². The smallest absolute Gasteiger partial charge is 0.140 e. The lowest BCUT2D eigenvalue weighted by Gasteiger charge is -2.10. The number of nitrogens with zero attached hydrogens (tertiary/aromatic N) is 1. The van der Waals surface area contributed by atoms with Crippen LogP contribution in [0.4, 0.5) is 5.69 Å². The van der Waals surface area contributed by atoms with Crippen LogP contribution in [0.3, 0.4) is 0 Å². The lowest BCUT2D eigenvalue weighted by molar-refractivity contribution is 0.329. The number of ether oxygens (including phenoxy) is 1. The third-order valence-electron chi connectivity index (χ3n) is 2.67. The van der Waals surface area contributed by atoms with Crippen molar-refractivity contribution in [3.63, 3.8) is 0 Å². The van der Waals surface area contributed by atoms with Crippen molar-refractivity contribution in [2.24, 2.45) is 0 Å². The second-order valence-electron chi connectivity index (χ2n) is 4.23. The molecule has 0 radical (unpaired) electrons. The van der Waals surface area contributed by atoms with Crippen LogP contribution in [-0.2, 0) is 0 Å². The van der Waals surface area contributed by atoms with Crippen molar-refractivity contribution in [2.75, 3.05) is 18.5 Å². The highest BCUT2D eigenvalue weighted by molar-refractivity contribution is 5.45. The number of aromatic nitrogens is 1. The van der Waals surface area contributed by atoms with Crippen LogP contribution >= 0.6 is 0 Å². The van der Waals surface area contributed by atoms with E-state index in [2.05, 4.69) is 35.4 Å². The highest BCUT2D eigenvalue weighted by Gasteiger charge is 1.98. The molecular formula is C15H18N2O. The molecule has 0 fully saturated rings. The van der Waals surface area contributed by atoms with E-state index in [1.54, 1.807) is 6.20 Å². The van der Waals surface area contributed by atoms with Gasteiger partial charge in [0.15, 0.2) is 0 Å². The minimum absolute atomic E-state index is 0.625. The molecule has 0 spiro atoms. The maximum absolute atomic E-state index is 5.66. The summed E-state index contributed by atoms with van der Waals surface area (Å²) >= 11 is 0. The predicted molar refractivity (Wildman–Crippen MR) is 74.1 cm³/mol. The number of hydrogen-bond donors (Lipinski definition) is 1. The fraction of sp³-hybridized carbons (Fsp3) is 0.267. The summed E-state index contributed by atoms with van der Waals surface area (Å²) in [5.41, 5.74) is 3.30. The minimum Gasteiger partial charge on any atom is -0.490 e. The normalized spacial score (nSPS) is 10.1. The van der Waals surface area contributed by atoms with E-state index in [-0.39, 0.29) is 0 Å². The van der Waals surface area contributed by atoms with Crippen molar-refractivity contribution in [2.45, 2.75) is 13.8 Å². The molecule has 18 heavy (non-hydrogen) atoms. The summed E-state index contributed by atoms with van der Waals surface area (Å²) < 4.78 is 5.66.